The van der Waals surface area contributed by atoms with Gasteiger partial charge in [-0.2, -0.15) is 0 Å². The lowest BCUT2D eigenvalue weighted by atomic mass is 10.1. The van der Waals surface area contributed by atoms with E-state index in [0.29, 0.717) is 4.88 Å². The van der Waals surface area contributed by atoms with Crippen molar-refractivity contribution in [1.82, 2.24) is 4.98 Å². The Hall–Kier alpha value is -1.75. The first kappa shape index (κ1) is 10.8. The second-order valence-corrected chi connectivity index (χ2v) is 3.90. The van der Waals surface area contributed by atoms with Crippen LogP contribution in [0.15, 0.2) is 29.9 Å². The number of hydrogen-bond acceptors (Lipinski definition) is 4. The monoisotopic (exact) mass is 237 g/mol. The molecule has 0 N–H and O–H groups in total. The van der Waals surface area contributed by atoms with Gasteiger partial charge in [0.05, 0.1) is 23.1 Å². The molecule has 0 saturated carbocycles. The molecule has 3 nitrogen and oxygen atoms in total. The third-order valence-corrected chi connectivity index (χ3v) is 2.86. The Morgan fingerprint density at radius 1 is 1.50 bits per heavy atom. The Balaban J connectivity index is 2.45. The van der Waals surface area contributed by atoms with Crippen LogP contribution in [0.2, 0.25) is 0 Å². The molecule has 2 rings (SSSR count). The van der Waals surface area contributed by atoms with E-state index < -0.39 is 5.82 Å². The van der Waals surface area contributed by atoms with Crippen LogP contribution >= 0.6 is 11.3 Å². The molecular formula is C11H8FNO2S. The summed E-state index contributed by atoms with van der Waals surface area (Å²) in [5.74, 6) is -0.947. The molecule has 0 radical (unpaired) electrons. The highest BCUT2D eigenvalue weighted by Crippen LogP contribution is 2.23. The van der Waals surface area contributed by atoms with Gasteiger partial charge in [0.25, 0.3) is 0 Å². The fraction of sp³-hybridized carbons (Fsp3) is 0.0909. The zero-order valence-corrected chi connectivity index (χ0v) is 9.25. The van der Waals surface area contributed by atoms with Crippen LogP contribution in [0.25, 0.3) is 0 Å². The Morgan fingerprint density at radius 2 is 2.31 bits per heavy atom. The maximum absolute atomic E-state index is 13.8. The van der Waals surface area contributed by atoms with Crippen molar-refractivity contribution in [2.24, 2.45) is 0 Å². The average molecular weight is 237 g/mol. The second kappa shape index (κ2) is 4.40. The van der Waals surface area contributed by atoms with Crippen LogP contribution in [0.3, 0.4) is 0 Å². The maximum atomic E-state index is 13.8. The normalized spacial score (nSPS) is 10.1. The van der Waals surface area contributed by atoms with Crippen LogP contribution in [-0.2, 0) is 0 Å². The fourth-order valence-corrected chi connectivity index (χ4v) is 1.88. The number of ether oxygens (including phenoxy) is 1. The summed E-state index contributed by atoms with van der Waals surface area (Å²) in [6, 6.07) is 4.48. The minimum absolute atomic E-state index is 0.00333. The molecule has 16 heavy (non-hydrogen) atoms. The van der Waals surface area contributed by atoms with Gasteiger partial charge < -0.3 is 4.74 Å². The topological polar surface area (TPSA) is 39.2 Å². The lowest BCUT2D eigenvalue weighted by Crippen LogP contribution is -2.03. The van der Waals surface area contributed by atoms with Crippen molar-refractivity contribution in [1.29, 1.82) is 0 Å². The predicted molar refractivity (Wildman–Crippen MR) is 58.5 cm³/mol. The Bertz CT molecular complexity index is 511. The number of aromatic nitrogens is 1. The maximum Gasteiger partial charge on any atom is 0.207 e. The largest absolute Gasteiger partial charge is 0.494 e. The van der Waals surface area contributed by atoms with Gasteiger partial charge in [-0.15, -0.1) is 11.3 Å². The third-order valence-electron chi connectivity index (χ3n) is 2.08. The summed E-state index contributed by atoms with van der Waals surface area (Å²) < 4.78 is 18.6. The summed E-state index contributed by atoms with van der Waals surface area (Å²) in [7, 11) is 1.36. The highest BCUT2D eigenvalue weighted by atomic mass is 32.1. The molecule has 0 spiro atoms. The van der Waals surface area contributed by atoms with Crippen LogP contribution in [0.1, 0.15) is 15.2 Å². The summed E-state index contributed by atoms with van der Waals surface area (Å²) in [5.41, 5.74) is 1.54. The van der Waals surface area contributed by atoms with Crippen molar-refractivity contribution in [3.8, 4) is 5.75 Å². The number of hydrogen-bond donors (Lipinski definition) is 0. The molecule has 0 unspecified atom stereocenters. The van der Waals surface area contributed by atoms with Gasteiger partial charge in [0.2, 0.25) is 5.78 Å². The van der Waals surface area contributed by atoms with Crippen molar-refractivity contribution in [2.45, 2.75) is 0 Å². The molecule has 5 heteroatoms. The first-order valence-corrected chi connectivity index (χ1v) is 5.37. The van der Waals surface area contributed by atoms with Crippen molar-refractivity contribution >= 4 is 17.1 Å². The molecule has 0 bridgehead atoms. The van der Waals surface area contributed by atoms with Crippen LogP contribution < -0.4 is 4.74 Å². The average Bonchev–Trinajstić information content (AvgIpc) is 2.82. The molecule has 1 heterocycles. The molecule has 0 atom stereocenters. The SMILES string of the molecule is COc1cccc(C(=O)c2cncs2)c1F. The van der Waals surface area contributed by atoms with Crippen molar-refractivity contribution in [2.75, 3.05) is 7.11 Å². The summed E-state index contributed by atoms with van der Waals surface area (Å²) in [6.07, 6.45) is 1.42. The quantitative estimate of drug-likeness (QED) is 0.770. The Kier molecular flexibility index (Phi) is 2.96. The van der Waals surface area contributed by atoms with Crippen molar-refractivity contribution < 1.29 is 13.9 Å². The van der Waals surface area contributed by atoms with Gasteiger partial charge in [0.15, 0.2) is 11.6 Å². The molecule has 0 saturated heterocycles. The van der Waals surface area contributed by atoms with Gasteiger partial charge >= 0.3 is 0 Å². The number of benzene rings is 1. The van der Waals surface area contributed by atoms with E-state index in [-0.39, 0.29) is 17.1 Å². The first-order chi connectivity index (χ1) is 7.74. The Morgan fingerprint density at radius 3 is 2.94 bits per heavy atom. The highest BCUT2D eigenvalue weighted by Gasteiger charge is 2.17. The van der Waals surface area contributed by atoms with Crippen LogP contribution in [0, 0.1) is 5.82 Å². The summed E-state index contributed by atoms with van der Waals surface area (Å²) in [6.45, 7) is 0. The molecule has 2 aromatic rings. The number of thiazole rings is 1. The van der Waals surface area contributed by atoms with Gasteiger partial charge in [-0.25, -0.2) is 4.39 Å². The molecular weight excluding hydrogens is 229 g/mol. The molecule has 0 fully saturated rings. The number of carbonyl (C=O) groups is 1. The fourth-order valence-electron chi connectivity index (χ4n) is 1.30. The van der Waals surface area contributed by atoms with E-state index >= 15 is 0 Å². The lowest BCUT2D eigenvalue weighted by molar-refractivity contribution is 0.103. The number of methoxy groups -OCH3 is 1. The van der Waals surface area contributed by atoms with Crippen molar-refractivity contribution in [3.05, 3.63) is 46.2 Å². The van der Waals surface area contributed by atoms with Gasteiger partial charge in [-0.1, -0.05) is 6.07 Å². The van der Waals surface area contributed by atoms with E-state index in [0.717, 1.165) is 0 Å². The Labute approximate surface area is 95.5 Å². The number of halogens is 1. The summed E-state index contributed by atoms with van der Waals surface area (Å²) >= 11 is 1.18. The number of carbonyl (C=O) groups excluding carboxylic acids is 1. The van der Waals surface area contributed by atoms with E-state index in [1.54, 1.807) is 6.07 Å². The van der Waals surface area contributed by atoms with E-state index in [4.69, 9.17) is 4.74 Å². The molecule has 1 aromatic carbocycles. The van der Waals surface area contributed by atoms with Crippen LogP contribution in [0.4, 0.5) is 4.39 Å². The molecule has 0 amide bonds. The van der Waals surface area contributed by atoms with Gasteiger partial charge in [-0.05, 0) is 12.1 Å². The standard InChI is InChI=1S/C11H8FNO2S/c1-15-8-4-2-3-7(10(8)12)11(14)9-5-13-6-16-9/h2-6H,1H3. The molecule has 82 valence electrons. The smallest absolute Gasteiger partial charge is 0.207 e. The van der Waals surface area contributed by atoms with Gasteiger partial charge in [-0.3, -0.25) is 9.78 Å². The molecule has 0 aliphatic carbocycles. The van der Waals surface area contributed by atoms with Crippen LogP contribution in [0.5, 0.6) is 5.75 Å². The minimum atomic E-state index is -0.636. The van der Waals surface area contributed by atoms with E-state index in [9.17, 15) is 9.18 Å². The molecule has 0 aliphatic heterocycles. The lowest BCUT2D eigenvalue weighted by Gasteiger charge is -2.04. The second-order valence-electron chi connectivity index (χ2n) is 3.02. The van der Waals surface area contributed by atoms with E-state index in [1.807, 2.05) is 0 Å². The number of rotatable bonds is 3. The minimum Gasteiger partial charge on any atom is -0.494 e. The molecule has 1 aromatic heterocycles. The molecule has 0 aliphatic rings. The van der Waals surface area contributed by atoms with Gasteiger partial charge in [0, 0.05) is 6.20 Å². The zero-order chi connectivity index (χ0) is 11.5. The van der Waals surface area contributed by atoms with Gasteiger partial charge in [0.1, 0.15) is 0 Å². The van der Waals surface area contributed by atoms with Crippen LogP contribution in [-0.4, -0.2) is 17.9 Å². The zero-order valence-electron chi connectivity index (χ0n) is 8.44. The number of ketones is 1. The number of nitrogens with zero attached hydrogens (tertiary/aromatic N) is 1. The highest BCUT2D eigenvalue weighted by molar-refractivity contribution is 7.11. The first-order valence-electron chi connectivity index (χ1n) is 4.49. The van der Waals surface area contributed by atoms with E-state index in [1.165, 1.54) is 42.3 Å². The third kappa shape index (κ3) is 1.81. The van der Waals surface area contributed by atoms with E-state index in [2.05, 4.69) is 4.98 Å². The van der Waals surface area contributed by atoms with Crippen molar-refractivity contribution in [3.63, 3.8) is 0 Å². The predicted octanol–water partition coefficient (Wildman–Crippen LogP) is 2.52. The summed E-state index contributed by atoms with van der Waals surface area (Å²) in [4.78, 5) is 16.1. The summed E-state index contributed by atoms with van der Waals surface area (Å²) in [5, 5.41) is 0.